The number of anilines is 1. The van der Waals surface area contributed by atoms with Crippen LogP contribution in [-0.2, 0) is 16.6 Å². The summed E-state index contributed by atoms with van der Waals surface area (Å²) in [6.45, 7) is 7.59. The molecule has 0 spiro atoms. The van der Waals surface area contributed by atoms with Crippen LogP contribution >= 0.6 is 0 Å². The van der Waals surface area contributed by atoms with Crippen molar-refractivity contribution >= 4 is 17.7 Å². The number of para-hydroxylation sites is 1. The van der Waals surface area contributed by atoms with Gasteiger partial charge in [-0.25, -0.2) is 9.48 Å². The number of likely N-dealkylation sites (tertiary alicyclic amines) is 1. The number of nitrogens with zero attached hydrogens (tertiary/aromatic N) is 3. The van der Waals surface area contributed by atoms with E-state index in [1.165, 1.54) is 9.58 Å². The predicted octanol–water partition coefficient (Wildman–Crippen LogP) is 2.82. The zero-order chi connectivity index (χ0) is 21.3. The van der Waals surface area contributed by atoms with Gasteiger partial charge < -0.3 is 10.1 Å². The maximum Gasteiger partial charge on any atom is 0.410 e. The molecule has 1 saturated heterocycles. The molecule has 2 heterocycles. The number of hydrogen-bond acceptors (Lipinski definition) is 4. The molecule has 29 heavy (non-hydrogen) atoms. The van der Waals surface area contributed by atoms with E-state index >= 15 is 0 Å². The van der Waals surface area contributed by atoms with Gasteiger partial charge in [0.2, 0.25) is 5.91 Å². The van der Waals surface area contributed by atoms with Crippen molar-refractivity contribution in [2.24, 2.45) is 7.05 Å². The number of nitrogens with one attached hydrogen (secondary N) is 1. The van der Waals surface area contributed by atoms with Gasteiger partial charge in [0.15, 0.2) is 0 Å². The van der Waals surface area contributed by atoms with E-state index in [2.05, 4.69) is 5.32 Å². The molecule has 8 nitrogen and oxygen atoms in total. The quantitative estimate of drug-likeness (QED) is 0.858. The largest absolute Gasteiger partial charge is 0.444 e. The van der Waals surface area contributed by atoms with Crippen LogP contribution in [-0.4, -0.2) is 44.5 Å². The molecule has 0 aliphatic carbocycles. The van der Waals surface area contributed by atoms with Gasteiger partial charge in [0.1, 0.15) is 17.3 Å². The number of carbonyl (C=O) groups is 2. The monoisotopic (exact) mass is 400 g/mol. The van der Waals surface area contributed by atoms with Crippen LogP contribution in [0, 0.1) is 6.92 Å². The summed E-state index contributed by atoms with van der Waals surface area (Å²) in [5.41, 5.74) is 0.609. The number of carbonyl (C=O) groups excluding carboxylic acids is 2. The van der Waals surface area contributed by atoms with Gasteiger partial charge in [-0.2, -0.15) is 0 Å². The molecule has 1 aromatic heterocycles. The highest BCUT2D eigenvalue weighted by Crippen LogP contribution is 2.23. The van der Waals surface area contributed by atoms with Crippen molar-refractivity contribution in [3.05, 3.63) is 46.4 Å². The number of ether oxygens (including phenoxy) is 1. The van der Waals surface area contributed by atoms with Crippen molar-refractivity contribution < 1.29 is 14.3 Å². The van der Waals surface area contributed by atoms with Gasteiger partial charge in [-0.05, 0) is 52.7 Å². The van der Waals surface area contributed by atoms with Crippen LogP contribution < -0.4 is 10.9 Å². The lowest BCUT2D eigenvalue weighted by atomic mass is 10.2. The third-order valence-electron chi connectivity index (χ3n) is 4.99. The lowest BCUT2D eigenvalue weighted by Gasteiger charge is -2.27. The van der Waals surface area contributed by atoms with Crippen molar-refractivity contribution in [2.75, 3.05) is 11.9 Å². The van der Waals surface area contributed by atoms with Crippen LogP contribution in [0.5, 0.6) is 0 Å². The second-order valence-corrected chi connectivity index (χ2v) is 8.26. The standard InChI is InChI=1S/C21H28N4O4/c1-14-17(19(27)25(23(14)5)15-10-7-6-8-11-15)22-18(26)16-12-9-13-24(16)20(28)29-21(2,3)4/h6-8,10-11,16H,9,12-13H2,1-5H3,(H,22,26). The summed E-state index contributed by atoms with van der Waals surface area (Å²) in [6, 6.07) is 8.56. The van der Waals surface area contributed by atoms with Gasteiger partial charge in [-0.1, -0.05) is 18.2 Å². The Morgan fingerprint density at radius 1 is 1.17 bits per heavy atom. The number of amides is 2. The minimum absolute atomic E-state index is 0.220. The van der Waals surface area contributed by atoms with Gasteiger partial charge in [0.25, 0.3) is 5.56 Å². The molecule has 2 amide bonds. The van der Waals surface area contributed by atoms with E-state index in [1.54, 1.807) is 39.4 Å². The Morgan fingerprint density at radius 2 is 1.83 bits per heavy atom. The molecule has 1 atom stereocenters. The molecule has 1 aliphatic heterocycles. The van der Waals surface area contributed by atoms with Gasteiger partial charge in [-0.15, -0.1) is 0 Å². The number of rotatable bonds is 3. The minimum atomic E-state index is -0.658. The molecule has 1 fully saturated rings. The highest BCUT2D eigenvalue weighted by Gasteiger charge is 2.37. The van der Waals surface area contributed by atoms with Gasteiger partial charge in [-0.3, -0.25) is 19.2 Å². The fourth-order valence-electron chi connectivity index (χ4n) is 3.50. The molecule has 0 saturated carbocycles. The van der Waals surface area contributed by atoms with E-state index in [9.17, 15) is 14.4 Å². The average molecular weight is 400 g/mol. The number of hydrogen-bond donors (Lipinski definition) is 1. The second-order valence-electron chi connectivity index (χ2n) is 8.26. The summed E-state index contributed by atoms with van der Waals surface area (Å²) in [5.74, 6) is -0.376. The molecule has 1 aromatic carbocycles. The van der Waals surface area contributed by atoms with E-state index in [1.807, 2.05) is 30.3 Å². The Kier molecular flexibility index (Phi) is 5.55. The lowest BCUT2D eigenvalue weighted by Crippen LogP contribution is -2.45. The molecular weight excluding hydrogens is 372 g/mol. The Morgan fingerprint density at radius 3 is 2.45 bits per heavy atom. The van der Waals surface area contributed by atoms with E-state index in [0.717, 1.165) is 0 Å². The first-order valence-corrected chi connectivity index (χ1v) is 9.74. The molecular formula is C21H28N4O4. The predicted molar refractivity (Wildman–Crippen MR) is 110 cm³/mol. The third kappa shape index (κ3) is 4.21. The van der Waals surface area contributed by atoms with Gasteiger partial charge in [0, 0.05) is 13.6 Å². The lowest BCUT2D eigenvalue weighted by molar-refractivity contribution is -0.120. The molecule has 2 aromatic rings. The second kappa shape index (κ2) is 7.77. The highest BCUT2D eigenvalue weighted by molar-refractivity contribution is 5.97. The van der Waals surface area contributed by atoms with Crippen LogP contribution in [0.3, 0.4) is 0 Å². The molecule has 8 heteroatoms. The molecule has 1 unspecified atom stereocenters. The summed E-state index contributed by atoms with van der Waals surface area (Å²) in [6.07, 6.45) is 0.727. The topological polar surface area (TPSA) is 85.6 Å². The Labute approximate surface area is 170 Å². The molecule has 156 valence electrons. The summed E-state index contributed by atoms with van der Waals surface area (Å²) < 4.78 is 8.62. The zero-order valence-corrected chi connectivity index (χ0v) is 17.6. The molecule has 1 N–H and O–H groups in total. The molecule has 0 radical (unpaired) electrons. The average Bonchev–Trinajstić information content (AvgIpc) is 3.21. The van der Waals surface area contributed by atoms with E-state index in [0.29, 0.717) is 30.8 Å². The maximum atomic E-state index is 13.0. The normalized spacial score (nSPS) is 16.7. The fourth-order valence-corrected chi connectivity index (χ4v) is 3.50. The summed E-state index contributed by atoms with van der Waals surface area (Å²) >= 11 is 0. The Balaban J connectivity index is 1.84. The molecule has 0 bridgehead atoms. The SMILES string of the molecule is Cc1c(NC(=O)C2CCCN2C(=O)OC(C)(C)C)c(=O)n(-c2ccccc2)n1C. The Bertz CT molecular complexity index is 969. The van der Waals surface area contributed by atoms with E-state index < -0.39 is 17.7 Å². The van der Waals surface area contributed by atoms with Gasteiger partial charge in [0.05, 0.1) is 11.4 Å². The first-order chi connectivity index (χ1) is 13.6. The van der Waals surface area contributed by atoms with Crippen LogP contribution in [0.1, 0.15) is 39.3 Å². The smallest absolute Gasteiger partial charge is 0.410 e. The van der Waals surface area contributed by atoms with Crippen molar-refractivity contribution in [1.82, 2.24) is 14.3 Å². The van der Waals surface area contributed by atoms with Gasteiger partial charge >= 0.3 is 6.09 Å². The van der Waals surface area contributed by atoms with E-state index in [-0.39, 0.29) is 17.2 Å². The van der Waals surface area contributed by atoms with Crippen molar-refractivity contribution in [3.63, 3.8) is 0 Å². The first-order valence-electron chi connectivity index (χ1n) is 9.74. The zero-order valence-electron chi connectivity index (χ0n) is 17.6. The minimum Gasteiger partial charge on any atom is -0.444 e. The van der Waals surface area contributed by atoms with Crippen LogP contribution in [0.4, 0.5) is 10.5 Å². The van der Waals surface area contributed by atoms with Crippen molar-refractivity contribution in [2.45, 2.75) is 52.2 Å². The summed E-state index contributed by atoms with van der Waals surface area (Å²) in [7, 11) is 1.77. The molecule has 1 aliphatic rings. The highest BCUT2D eigenvalue weighted by atomic mass is 16.6. The van der Waals surface area contributed by atoms with Crippen LogP contribution in [0.15, 0.2) is 35.1 Å². The maximum absolute atomic E-state index is 13.0. The number of benzene rings is 1. The number of aromatic nitrogens is 2. The Hall–Kier alpha value is -3.03. The third-order valence-corrected chi connectivity index (χ3v) is 4.99. The van der Waals surface area contributed by atoms with E-state index in [4.69, 9.17) is 4.74 Å². The fraction of sp³-hybridized carbons (Fsp3) is 0.476. The van der Waals surface area contributed by atoms with Crippen LogP contribution in [0.25, 0.3) is 5.69 Å². The summed E-state index contributed by atoms with van der Waals surface area (Å²) in [5, 5.41) is 2.76. The molecule has 3 rings (SSSR count). The first kappa shape index (κ1) is 20.7. The van der Waals surface area contributed by atoms with Crippen molar-refractivity contribution in [1.29, 1.82) is 0 Å². The summed E-state index contributed by atoms with van der Waals surface area (Å²) in [4.78, 5) is 39.8. The van der Waals surface area contributed by atoms with Crippen LogP contribution in [0.2, 0.25) is 0 Å². The van der Waals surface area contributed by atoms with Crippen molar-refractivity contribution in [3.8, 4) is 5.69 Å².